The zero-order valence-corrected chi connectivity index (χ0v) is 19.0. The number of hydrogen-bond donors (Lipinski definition) is 3. The van der Waals surface area contributed by atoms with Crippen molar-refractivity contribution in [1.82, 2.24) is 20.6 Å². The number of urea groups is 2. The van der Waals surface area contributed by atoms with Gasteiger partial charge in [-0.2, -0.15) is 18.3 Å². The highest BCUT2D eigenvalue weighted by Crippen LogP contribution is 2.36. The number of carbonyl (C=O) groups excluding carboxylic acids is 2. The molecule has 1 saturated heterocycles. The van der Waals surface area contributed by atoms with E-state index in [9.17, 15) is 27.2 Å². The highest BCUT2D eigenvalue weighted by atomic mass is 35.5. The van der Waals surface area contributed by atoms with Crippen LogP contribution in [0.3, 0.4) is 0 Å². The maximum absolute atomic E-state index is 14.9. The molecule has 2 bridgehead atoms. The molecule has 1 fully saturated rings. The highest BCUT2D eigenvalue weighted by molar-refractivity contribution is 6.33. The third-order valence-corrected chi connectivity index (χ3v) is 6.18. The lowest BCUT2D eigenvalue weighted by Gasteiger charge is -2.36. The van der Waals surface area contributed by atoms with Gasteiger partial charge in [0.05, 0.1) is 28.5 Å². The molecule has 0 spiro atoms. The molecule has 4 amide bonds. The third kappa shape index (κ3) is 4.65. The Labute approximate surface area is 206 Å². The van der Waals surface area contributed by atoms with Gasteiger partial charge in [0.2, 0.25) is 5.88 Å². The SMILES string of the molecule is O=C1NN=C2C(=C[C@@H]3CC[C@H]2N3C(=O)Nc2cc(Cl)c(-c3ccc(OCC(F)(F)F)nc3)cc2F)N1. The Bertz CT molecular complexity index is 1300. The predicted octanol–water partition coefficient (Wildman–Crippen LogP) is 4.41. The fraction of sp³-hybridized carbons (Fsp3) is 0.273. The van der Waals surface area contributed by atoms with E-state index >= 15 is 0 Å². The number of pyridine rings is 1. The van der Waals surface area contributed by atoms with E-state index in [2.05, 4.69) is 30.9 Å². The molecule has 0 aliphatic carbocycles. The quantitative estimate of drug-likeness (QED) is 0.515. The molecular weight excluding hydrogens is 508 g/mol. The molecule has 36 heavy (non-hydrogen) atoms. The van der Waals surface area contributed by atoms with Crippen molar-refractivity contribution in [3.8, 4) is 17.0 Å². The van der Waals surface area contributed by atoms with E-state index in [-0.39, 0.29) is 28.2 Å². The Morgan fingerprint density at radius 1 is 1.28 bits per heavy atom. The minimum Gasteiger partial charge on any atom is -0.468 e. The minimum atomic E-state index is -4.50. The number of halogens is 5. The molecule has 9 nitrogen and oxygen atoms in total. The molecule has 3 aliphatic heterocycles. The molecule has 188 valence electrons. The van der Waals surface area contributed by atoms with Gasteiger partial charge in [-0.05, 0) is 37.1 Å². The zero-order valence-electron chi connectivity index (χ0n) is 18.2. The maximum Gasteiger partial charge on any atom is 0.422 e. The summed E-state index contributed by atoms with van der Waals surface area (Å²) < 4.78 is 56.4. The van der Waals surface area contributed by atoms with E-state index in [0.717, 1.165) is 6.07 Å². The maximum atomic E-state index is 14.9. The second-order valence-electron chi connectivity index (χ2n) is 8.24. The largest absolute Gasteiger partial charge is 0.468 e. The molecule has 3 aliphatic rings. The van der Waals surface area contributed by atoms with Crippen molar-refractivity contribution in [2.75, 3.05) is 11.9 Å². The molecule has 2 aromatic rings. The number of rotatable bonds is 4. The van der Waals surface area contributed by atoms with Crippen LogP contribution in [0.5, 0.6) is 5.88 Å². The van der Waals surface area contributed by atoms with Gasteiger partial charge >= 0.3 is 18.2 Å². The molecule has 1 aromatic heterocycles. The van der Waals surface area contributed by atoms with Crippen LogP contribution in [0, 0.1) is 5.82 Å². The molecule has 1 aromatic carbocycles. The zero-order chi connectivity index (χ0) is 25.6. The molecule has 0 saturated carbocycles. The number of fused-ring (bicyclic) bond motifs is 4. The van der Waals surface area contributed by atoms with Crippen LogP contribution in [0.2, 0.25) is 5.02 Å². The number of anilines is 1. The lowest BCUT2D eigenvalue weighted by atomic mass is 10.0. The van der Waals surface area contributed by atoms with Crippen molar-refractivity contribution >= 4 is 35.1 Å². The lowest BCUT2D eigenvalue weighted by Crippen LogP contribution is -2.55. The predicted molar refractivity (Wildman–Crippen MR) is 121 cm³/mol. The Morgan fingerprint density at radius 2 is 2.08 bits per heavy atom. The number of aromatic nitrogens is 1. The van der Waals surface area contributed by atoms with Crippen molar-refractivity contribution < 1.29 is 31.9 Å². The summed E-state index contributed by atoms with van der Waals surface area (Å²) in [5, 5.41) is 9.35. The smallest absolute Gasteiger partial charge is 0.422 e. The monoisotopic (exact) mass is 524 g/mol. The van der Waals surface area contributed by atoms with Crippen molar-refractivity contribution in [2.24, 2.45) is 5.10 Å². The number of ether oxygens (including phenoxy) is 1. The van der Waals surface area contributed by atoms with Crippen molar-refractivity contribution in [2.45, 2.75) is 31.1 Å². The first-order valence-electron chi connectivity index (χ1n) is 10.7. The Hall–Kier alpha value is -3.87. The molecule has 3 N–H and O–H groups in total. The lowest BCUT2D eigenvalue weighted by molar-refractivity contribution is -0.154. The van der Waals surface area contributed by atoms with Crippen molar-refractivity contribution in [1.29, 1.82) is 0 Å². The number of carbonyl (C=O) groups is 2. The molecule has 14 heteroatoms. The summed E-state index contributed by atoms with van der Waals surface area (Å²) in [6.45, 7) is -1.49. The number of hydrogen-bond acceptors (Lipinski definition) is 5. The summed E-state index contributed by atoms with van der Waals surface area (Å²) in [7, 11) is 0. The summed E-state index contributed by atoms with van der Waals surface area (Å²) in [6.07, 6.45) is -0.295. The second-order valence-corrected chi connectivity index (χ2v) is 8.65. The molecule has 0 radical (unpaired) electrons. The number of benzene rings is 1. The van der Waals surface area contributed by atoms with Crippen molar-refractivity contribution in [3.05, 3.63) is 53.1 Å². The second kappa shape index (κ2) is 8.97. The van der Waals surface area contributed by atoms with Crippen LogP contribution >= 0.6 is 11.6 Å². The summed E-state index contributed by atoms with van der Waals surface area (Å²) in [5.41, 5.74) is 3.81. The van der Waals surface area contributed by atoms with E-state index in [4.69, 9.17) is 11.6 Å². The number of alkyl halides is 3. The Balaban J connectivity index is 1.32. The fourth-order valence-electron chi connectivity index (χ4n) is 4.35. The summed E-state index contributed by atoms with van der Waals surface area (Å²) >= 11 is 6.32. The Kier molecular flexibility index (Phi) is 5.94. The molecule has 4 heterocycles. The van der Waals surface area contributed by atoms with Crippen molar-refractivity contribution in [3.63, 3.8) is 0 Å². The average molecular weight is 525 g/mol. The van der Waals surface area contributed by atoms with E-state index in [0.29, 0.717) is 29.8 Å². The van der Waals surface area contributed by atoms with Crippen LogP contribution < -0.4 is 20.8 Å². The van der Waals surface area contributed by atoms with Gasteiger partial charge in [-0.15, -0.1) is 0 Å². The van der Waals surface area contributed by atoms with Gasteiger partial charge in [0.15, 0.2) is 6.61 Å². The average Bonchev–Trinajstić information content (AvgIpc) is 3.14. The van der Waals surface area contributed by atoms with Gasteiger partial charge in [-0.1, -0.05) is 11.6 Å². The first-order chi connectivity index (χ1) is 17.1. The molecule has 0 unspecified atom stereocenters. The third-order valence-electron chi connectivity index (χ3n) is 5.87. The summed E-state index contributed by atoms with van der Waals surface area (Å²) in [6, 6.07) is 3.22. The normalized spacial score (nSPS) is 20.6. The first kappa shape index (κ1) is 23.9. The summed E-state index contributed by atoms with van der Waals surface area (Å²) in [4.78, 5) is 29.9. The number of hydrazone groups is 1. The van der Waals surface area contributed by atoms with Gasteiger partial charge in [0.25, 0.3) is 0 Å². The van der Waals surface area contributed by atoms with Gasteiger partial charge in [-0.25, -0.2) is 24.4 Å². The number of nitrogens with one attached hydrogen (secondary N) is 3. The molecular formula is C22H17ClF4N6O3. The van der Waals surface area contributed by atoms with Crippen LogP contribution in [0.25, 0.3) is 11.1 Å². The van der Waals surface area contributed by atoms with Gasteiger partial charge < -0.3 is 20.3 Å². The summed E-state index contributed by atoms with van der Waals surface area (Å²) in [5.74, 6) is -1.02. The van der Waals surface area contributed by atoms with Gasteiger partial charge in [0.1, 0.15) is 11.5 Å². The standard InChI is InChI=1S/C22H17ClF4N6O3/c23-13-7-15(14(24)6-12(13)10-1-4-18(28-8-10)36-9-22(25,26)27)30-21(35)33-11-2-3-17(33)19-16(5-11)29-20(34)32-31-19/h1,4-8,11,17H,2-3,9H2,(H,30,35)(H2,29,32,34)/t11-,17+/m0/s1. The topological polar surface area (TPSA) is 108 Å². The van der Waals surface area contributed by atoms with E-state index < -0.39 is 36.7 Å². The fourth-order valence-corrected chi connectivity index (χ4v) is 4.62. The van der Waals surface area contributed by atoms with Crippen LogP contribution in [0.4, 0.5) is 32.8 Å². The highest BCUT2D eigenvalue weighted by Gasteiger charge is 2.45. The van der Waals surface area contributed by atoms with E-state index in [1.165, 1.54) is 29.3 Å². The van der Waals surface area contributed by atoms with Gasteiger partial charge in [0, 0.05) is 23.4 Å². The number of nitrogens with zero attached hydrogens (tertiary/aromatic N) is 3. The Morgan fingerprint density at radius 3 is 2.81 bits per heavy atom. The van der Waals surface area contributed by atoms with Gasteiger partial charge in [-0.3, -0.25) is 0 Å². The molecule has 2 atom stereocenters. The van der Waals surface area contributed by atoms with Crippen LogP contribution in [-0.4, -0.2) is 52.5 Å². The first-order valence-corrected chi connectivity index (χ1v) is 11.1. The molecule has 5 rings (SSSR count). The van der Waals surface area contributed by atoms with Crippen LogP contribution in [0.1, 0.15) is 12.8 Å². The number of amides is 4. The van der Waals surface area contributed by atoms with E-state index in [1.54, 1.807) is 6.08 Å². The van der Waals surface area contributed by atoms with Crippen LogP contribution in [0.15, 0.2) is 47.3 Å². The minimum absolute atomic E-state index is 0.0878. The van der Waals surface area contributed by atoms with E-state index in [1.807, 2.05) is 0 Å². The van der Waals surface area contributed by atoms with Crippen LogP contribution in [-0.2, 0) is 0 Å².